The molecule has 2 unspecified atom stereocenters. The van der Waals surface area contributed by atoms with Crippen LogP contribution < -0.4 is 5.32 Å². The summed E-state index contributed by atoms with van der Waals surface area (Å²) in [6, 6.07) is 8.15. The fourth-order valence-corrected chi connectivity index (χ4v) is 2.58. The molecule has 2 nitrogen and oxygen atoms in total. The Morgan fingerprint density at radius 3 is 2.71 bits per heavy atom. The molecule has 1 N–H and O–H groups in total. The number of nitrogens with one attached hydrogen (secondary N) is 1. The molecule has 0 bridgehead atoms. The minimum Gasteiger partial charge on any atom is -0.306 e. The third kappa shape index (κ3) is 2.85. The summed E-state index contributed by atoms with van der Waals surface area (Å²) in [5, 5.41) is 3.52. The van der Waals surface area contributed by atoms with Crippen LogP contribution in [0.15, 0.2) is 24.3 Å². The van der Waals surface area contributed by atoms with Crippen LogP contribution in [0.3, 0.4) is 0 Å². The number of likely N-dealkylation sites (N-methyl/N-ethyl adjacent to an activating group) is 1. The summed E-state index contributed by atoms with van der Waals surface area (Å²) >= 11 is 0. The highest BCUT2D eigenvalue weighted by Gasteiger charge is 2.27. The fraction of sp³-hybridized carbons (Fsp3) is 0.571. The van der Waals surface area contributed by atoms with Gasteiger partial charge in [-0.05, 0) is 33.4 Å². The Labute approximate surface area is 103 Å². The van der Waals surface area contributed by atoms with Gasteiger partial charge in [-0.1, -0.05) is 18.2 Å². The van der Waals surface area contributed by atoms with Crippen molar-refractivity contribution in [1.29, 1.82) is 0 Å². The Balaban J connectivity index is 1.98. The zero-order valence-electron chi connectivity index (χ0n) is 10.8. The maximum atomic E-state index is 13.6. The highest BCUT2D eigenvalue weighted by atomic mass is 19.1. The molecule has 0 radical (unpaired) electrons. The van der Waals surface area contributed by atoms with Crippen molar-refractivity contribution in [3.8, 4) is 0 Å². The second-order valence-electron chi connectivity index (χ2n) is 5.13. The second-order valence-corrected chi connectivity index (χ2v) is 5.13. The quantitative estimate of drug-likeness (QED) is 0.867. The van der Waals surface area contributed by atoms with E-state index >= 15 is 0 Å². The average molecular weight is 236 g/mol. The van der Waals surface area contributed by atoms with Crippen molar-refractivity contribution in [2.24, 2.45) is 0 Å². The van der Waals surface area contributed by atoms with Gasteiger partial charge in [-0.25, -0.2) is 4.39 Å². The molecule has 0 saturated carbocycles. The van der Waals surface area contributed by atoms with Gasteiger partial charge in [0.2, 0.25) is 0 Å². The van der Waals surface area contributed by atoms with Gasteiger partial charge in [-0.2, -0.15) is 0 Å². The van der Waals surface area contributed by atoms with Crippen LogP contribution in [0.25, 0.3) is 0 Å². The number of nitrogens with zero attached hydrogens (tertiary/aromatic N) is 1. The molecule has 1 saturated heterocycles. The molecule has 0 spiro atoms. The van der Waals surface area contributed by atoms with E-state index in [1.54, 1.807) is 6.07 Å². The largest absolute Gasteiger partial charge is 0.306 e. The van der Waals surface area contributed by atoms with Crippen molar-refractivity contribution in [2.45, 2.75) is 38.4 Å². The summed E-state index contributed by atoms with van der Waals surface area (Å²) in [5.41, 5.74) is 0.759. The van der Waals surface area contributed by atoms with Crippen molar-refractivity contribution in [2.75, 3.05) is 13.6 Å². The van der Waals surface area contributed by atoms with Gasteiger partial charge in [-0.15, -0.1) is 0 Å². The van der Waals surface area contributed by atoms with E-state index in [0.29, 0.717) is 12.1 Å². The molecule has 1 aliphatic rings. The summed E-state index contributed by atoms with van der Waals surface area (Å²) in [6.07, 6.45) is 1.13. The monoisotopic (exact) mass is 236 g/mol. The fourth-order valence-electron chi connectivity index (χ4n) is 2.58. The number of hydrogen-bond acceptors (Lipinski definition) is 2. The Bertz CT molecular complexity index is 370. The van der Waals surface area contributed by atoms with Crippen molar-refractivity contribution >= 4 is 0 Å². The maximum absolute atomic E-state index is 13.6. The molecule has 94 valence electrons. The lowest BCUT2D eigenvalue weighted by Crippen LogP contribution is -2.33. The van der Waals surface area contributed by atoms with Gasteiger partial charge in [0.25, 0.3) is 0 Å². The van der Waals surface area contributed by atoms with E-state index in [9.17, 15) is 4.39 Å². The van der Waals surface area contributed by atoms with Gasteiger partial charge in [0, 0.05) is 30.2 Å². The molecule has 1 aliphatic heterocycles. The minimum absolute atomic E-state index is 0.0694. The van der Waals surface area contributed by atoms with E-state index in [0.717, 1.165) is 18.5 Å². The lowest BCUT2D eigenvalue weighted by atomic mass is 10.1. The van der Waals surface area contributed by atoms with Crippen LogP contribution in [0.5, 0.6) is 0 Å². The first kappa shape index (κ1) is 12.5. The molecule has 1 fully saturated rings. The highest BCUT2D eigenvalue weighted by molar-refractivity contribution is 5.20. The second kappa shape index (κ2) is 5.15. The zero-order valence-corrected chi connectivity index (χ0v) is 10.8. The topological polar surface area (TPSA) is 15.3 Å². The van der Waals surface area contributed by atoms with E-state index in [1.165, 1.54) is 6.07 Å². The lowest BCUT2D eigenvalue weighted by Gasteiger charge is -2.20. The summed E-state index contributed by atoms with van der Waals surface area (Å²) in [5.74, 6) is -0.119. The summed E-state index contributed by atoms with van der Waals surface area (Å²) < 4.78 is 13.6. The van der Waals surface area contributed by atoms with Crippen LogP contribution in [-0.4, -0.2) is 30.6 Å². The average Bonchev–Trinajstić information content (AvgIpc) is 2.58. The summed E-state index contributed by atoms with van der Waals surface area (Å²) in [7, 11) is 2.14. The highest BCUT2D eigenvalue weighted by Crippen LogP contribution is 2.21. The molecule has 3 atom stereocenters. The Morgan fingerprint density at radius 2 is 2.12 bits per heavy atom. The van der Waals surface area contributed by atoms with Crippen LogP contribution in [0, 0.1) is 5.82 Å². The number of rotatable bonds is 3. The van der Waals surface area contributed by atoms with Gasteiger partial charge < -0.3 is 10.2 Å². The third-order valence-corrected chi connectivity index (χ3v) is 3.74. The summed E-state index contributed by atoms with van der Waals surface area (Å²) in [4.78, 5) is 2.34. The predicted molar refractivity (Wildman–Crippen MR) is 68.4 cm³/mol. The minimum atomic E-state index is -0.119. The van der Waals surface area contributed by atoms with Crippen molar-refractivity contribution in [1.82, 2.24) is 10.2 Å². The Hall–Kier alpha value is -0.930. The number of hydrogen-bond donors (Lipinski definition) is 1. The number of likely N-dealkylation sites (tertiary alicyclic amines) is 1. The molecule has 17 heavy (non-hydrogen) atoms. The van der Waals surface area contributed by atoms with E-state index in [2.05, 4.69) is 24.2 Å². The molecule has 0 aromatic heterocycles. The SMILES string of the molecule is CC1CC(N[C@H](C)c2ccccc2F)CN1C. The summed E-state index contributed by atoms with van der Waals surface area (Å²) in [6.45, 7) is 5.30. The van der Waals surface area contributed by atoms with Crippen molar-refractivity contribution in [3.63, 3.8) is 0 Å². The van der Waals surface area contributed by atoms with Crippen LogP contribution in [0.4, 0.5) is 4.39 Å². The molecule has 0 amide bonds. The van der Waals surface area contributed by atoms with E-state index in [4.69, 9.17) is 0 Å². The van der Waals surface area contributed by atoms with Gasteiger partial charge in [0.1, 0.15) is 5.82 Å². The Morgan fingerprint density at radius 1 is 1.41 bits per heavy atom. The molecular weight excluding hydrogens is 215 g/mol. The van der Waals surface area contributed by atoms with Crippen molar-refractivity contribution in [3.05, 3.63) is 35.6 Å². The van der Waals surface area contributed by atoms with Gasteiger partial charge >= 0.3 is 0 Å². The Kier molecular flexibility index (Phi) is 3.79. The van der Waals surface area contributed by atoms with Crippen LogP contribution in [-0.2, 0) is 0 Å². The smallest absolute Gasteiger partial charge is 0.127 e. The number of benzene rings is 1. The molecule has 1 aromatic carbocycles. The van der Waals surface area contributed by atoms with Gasteiger partial charge in [0.05, 0.1) is 0 Å². The van der Waals surface area contributed by atoms with Gasteiger partial charge in [-0.3, -0.25) is 0 Å². The van der Waals surface area contributed by atoms with E-state index in [1.807, 2.05) is 19.1 Å². The predicted octanol–water partition coefficient (Wildman–Crippen LogP) is 2.57. The first-order valence-corrected chi connectivity index (χ1v) is 6.28. The van der Waals surface area contributed by atoms with Gasteiger partial charge in [0.15, 0.2) is 0 Å². The number of halogens is 1. The molecule has 1 heterocycles. The molecular formula is C14H21FN2. The first-order chi connectivity index (χ1) is 8.08. The van der Waals surface area contributed by atoms with Crippen molar-refractivity contribution < 1.29 is 4.39 Å². The molecule has 2 rings (SSSR count). The van der Waals surface area contributed by atoms with Crippen LogP contribution in [0.2, 0.25) is 0 Å². The molecule has 1 aromatic rings. The zero-order chi connectivity index (χ0) is 12.4. The first-order valence-electron chi connectivity index (χ1n) is 6.28. The molecule has 3 heteroatoms. The normalized spacial score (nSPS) is 27.3. The van der Waals surface area contributed by atoms with Crippen LogP contribution >= 0.6 is 0 Å². The maximum Gasteiger partial charge on any atom is 0.127 e. The molecule has 0 aliphatic carbocycles. The van der Waals surface area contributed by atoms with E-state index < -0.39 is 0 Å². The van der Waals surface area contributed by atoms with E-state index in [-0.39, 0.29) is 11.9 Å². The lowest BCUT2D eigenvalue weighted by molar-refractivity contribution is 0.325. The van der Waals surface area contributed by atoms with Crippen LogP contribution in [0.1, 0.15) is 31.9 Å². The standard InChI is InChI=1S/C14H21FN2/c1-10-8-12(9-17(10)3)16-11(2)13-6-4-5-7-14(13)15/h4-7,10-12,16H,8-9H2,1-3H3/t10?,11-,12?/m1/s1. The third-order valence-electron chi connectivity index (χ3n) is 3.74.